The molecule has 0 unspecified atom stereocenters. The fraction of sp³-hybridized carbons (Fsp3) is 0.0714. The van der Waals surface area contributed by atoms with Gasteiger partial charge in [-0.1, -0.05) is 45.8 Å². The summed E-state index contributed by atoms with van der Waals surface area (Å²) in [5.74, 6) is 0. The van der Waals surface area contributed by atoms with Gasteiger partial charge in [0.15, 0.2) is 11.0 Å². The van der Waals surface area contributed by atoms with Crippen molar-refractivity contribution in [3.63, 3.8) is 0 Å². The summed E-state index contributed by atoms with van der Waals surface area (Å²) in [7, 11) is -1.34. The minimum absolute atomic E-state index is 0.717. The van der Waals surface area contributed by atoms with Crippen molar-refractivity contribution in [2.75, 3.05) is 0 Å². The number of benzene rings is 2. The first-order valence-corrected chi connectivity index (χ1v) is 7.33. The summed E-state index contributed by atoms with van der Waals surface area (Å²) in [6, 6.07) is 15.2. The van der Waals surface area contributed by atoms with E-state index in [9.17, 15) is 4.21 Å². The van der Waals surface area contributed by atoms with Crippen LogP contribution in [0.3, 0.4) is 0 Å². The first-order chi connectivity index (χ1) is 8.65. The number of aryl methyl sites for hydroxylation is 1. The second kappa shape index (κ2) is 6.07. The van der Waals surface area contributed by atoms with E-state index in [4.69, 9.17) is 0 Å². The van der Waals surface area contributed by atoms with Crippen LogP contribution in [0.2, 0.25) is 0 Å². The molecular weight excluding hydrogens is 310 g/mol. The van der Waals surface area contributed by atoms with Gasteiger partial charge in [0.05, 0.1) is 4.90 Å². The molecule has 0 aliphatic rings. The molecule has 18 heavy (non-hydrogen) atoms. The SMILES string of the molecule is Cc1ccc([S@](=O)/N=C/c2ccc(Br)cc2)cc1. The maximum Gasteiger partial charge on any atom is 0.172 e. The Balaban J connectivity index is 2.11. The minimum atomic E-state index is -1.34. The van der Waals surface area contributed by atoms with Crippen molar-refractivity contribution in [2.24, 2.45) is 4.40 Å². The molecule has 0 fully saturated rings. The van der Waals surface area contributed by atoms with E-state index < -0.39 is 11.0 Å². The number of nitrogens with zero attached hydrogens (tertiary/aromatic N) is 1. The van der Waals surface area contributed by atoms with Crippen molar-refractivity contribution < 1.29 is 4.21 Å². The molecule has 0 aliphatic carbocycles. The van der Waals surface area contributed by atoms with E-state index in [1.54, 1.807) is 6.21 Å². The van der Waals surface area contributed by atoms with Crippen molar-refractivity contribution >= 4 is 33.1 Å². The van der Waals surface area contributed by atoms with Crippen LogP contribution in [0, 0.1) is 6.92 Å². The minimum Gasteiger partial charge on any atom is -0.229 e. The van der Waals surface area contributed by atoms with E-state index in [1.807, 2.05) is 55.5 Å². The average molecular weight is 322 g/mol. The standard InChI is InChI=1S/C14H12BrNOS/c1-11-2-8-14(9-3-11)18(17)16-10-12-4-6-13(15)7-5-12/h2-10H,1H3/b16-10+/t18-/m0/s1. The molecule has 0 aliphatic heterocycles. The molecule has 0 saturated heterocycles. The summed E-state index contributed by atoms with van der Waals surface area (Å²) in [4.78, 5) is 0.717. The van der Waals surface area contributed by atoms with Gasteiger partial charge in [-0.15, -0.1) is 0 Å². The predicted molar refractivity (Wildman–Crippen MR) is 79.3 cm³/mol. The van der Waals surface area contributed by atoms with Crippen LogP contribution in [0.25, 0.3) is 0 Å². The van der Waals surface area contributed by atoms with Crippen LogP contribution in [0.5, 0.6) is 0 Å². The van der Waals surface area contributed by atoms with E-state index in [1.165, 1.54) is 0 Å². The third kappa shape index (κ3) is 3.62. The number of hydrogen-bond acceptors (Lipinski definition) is 1. The average Bonchev–Trinajstić information content (AvgIpc) is 2.38. The fourth-order valence-electron chi connectivity index (χ4n) is 1.37. The highest BCUT2D eigenvalue weighted by atomic mass is 79.9. The Labute approximate surface area is 117 Å². The van der Waals surface area contributed by atoms with Gasteiger partial charge in [0.2, 0.25) is 0 Å². The molecule has 0 saturated carbocycles. The summed E-state index contributed by atoms with van der Waals surface area (Å²) in [5, 5.41) is 0. The van der Waals surface area contributed by atoms with E-state index >= 15 is 0 Å². The van der Waals surface area contributed by atoms with E-state index in [0.717, 1.165) is 15.6 Å². The lowest BCUT2D eigenvalue weighted by Gasteiger charge is -1.97. The van der Waals surface area contributed by atoms with Crippen LogP contribution in [0.4, 0.5) is 0 Å². The first-order valence-electron chi connectivity index (χ1n) is 5.43. The quantitative estimate of drug-likeness (QED) is 0.788. The van der Waals surface area contributed by atoms with Crippen LogP contribution in [-0.4, -0.2) is 10.4 Å². The summed E-state index contributed by atoms with van der Waals surface area (Å²) in [5.41, 5.74) is 2.08. The first kappa shape index (κ1) is 13.2. The molecule has 0 radical (unpaired) electrons. The third-order valence-corrected chi connectivity index (χ3v) is 3.89. The Morgan fingerprint density at radius 1 is 1.06 bits per heavy atom. The Morgan fingerprint density at radius 3 is 2.28 bits per heavy atom. The number of hydrogen-bond donors (Lipinski definition) is 0. The molecule has 0 spiro atoms. The van der Waals surface area contributed by atoms with Gasteiger partial charge in [0, 0.05) is 10.7 Å². The van der Waals surface area contributed by atoms with Crippen molar-refractivity contribution in [1.29, 1.82) is 0 Å². The molecule has 2 aromatic carbocycles. The van der Waals surface area contributed by atoms with Crippen LogP contribution in [-0.2, 0) is 11.0 Å². The third-order valence-electron chi connectivity index (χ3n) is 2.39. The highest BCUT2D eigenvalue weighted by Crippen LogP contribution is 2.11. The van der Waals surface area contributed by atoms with Crippen molar-refractivity contribution in [1.82, 2.24) is 0 Å². The van der Waals surface area contributed by atoms with E-state index in [0.29, 0.717) is 4.90 Å². The summed E-state index contributed by atoms with van der Waals surface area (Å²) in [6.07, 6.45) is 1.63. The Hall–Kier alpha value is -1.26. The summed E-state index contributed by atoms with van der Waals surface area (Å²) < 4.78 is 17.0. The Morgan fingerprint density at radius 2 is 1.67 bits per heavy atom. The Bertz CT molecular complexity index is 576. The number of rotatable bonds is 3. The van der Waals surface area contributed by atoms with Crippen molar-refractivity contribution in [3.8, 4) is 0 Å². The normalized spacial score (nSPS) is 12.8. The van der Waals surface area contributed by atoms with Crippen LogP contribution in [0.1, 0.15) is 11.1 Å². The van der Waals surface area contributed by atoms with Gasteiger partial charge in [-0.05, 0) is 36.8 Å². The molecule has 0 aromatic heterocycles. The van der Waals surface area contributed by atoms with E-state index in [-0.39, 0.29) is 0 Å². The van der Waals surface area contributed by atoms with Gasteiger partial charge in [0.25, 0.3) is 0 Å². The van der Waals surface area contributed by atoms with Crippen LogP contribution < -0.4 is 0 Å². The molecule has 2 rings (SSSR count). The summed E-state index contributed by atoms with van der Waals surface area (Å²) in [6.45, 7) is 2.00. The lowest BCUT2D eigenvalue weighted by molar-refractivity contribution is 0.684. The largest absolute Gasteiger partial charge is 0.229 e. The van der Waals surface area contributed by atoms with E-state index in [2.05, 4.69) is 20.3 Å². The van der Waals surface area contributed by atoms with Gasteiger partial charge < -0.3 is 0 Å². The topological polar surface area (TPSA) is 29.4 Å². The molecular formula is C14H12BrNOS. The van der Waals surface area contributed by atoms with Crippen LogP contribution in [0.15, 0.2) is 62.3 Å². The molecule has 0 amide bonds. The lowest BCUT2D eigenvalue weighted by atomic mass is 10.2. The monoisotopic (exact) mass is 321 g/mol. The highest BCUT2D eigenvalue weighted by Gasteiger charge is 1.99. The molecule has 2 nitrogen and oxygen atoms in total. The molecule has 0 heterocycles. The lowest BCUT2D eigenvalue weighted by Crippen LogP contribution is -1.89. The second-order valence-corrected chi connectivity index (χ2v) is 5.94. The smallest absolute Gasteiger partial charge is 0.172 e. The zero-order chi connectivity index (χ0) is 13.0. The number of halogens is 1. The second-order valence-electron chi connectivity index (χ2n) is 3.85. The van der Waals surface area contributed by atoms with Crippen molar-refractivity contribution in [3.05, 3.63) is 64.1 Å². The van der Waals surface area contributed by atoms with Crippen molar-refractivity contribution in [2.45, 2.75) is 11.8 Å². The zero-order valence-corrected chi connectivity index (χ0v) is 12.2. The molecule has 0 bridgehead atoms. The van der Waals surface area contributed by atoms with Gasteiger partial charge >= 0.3 is 0 Å². The fourth-order valence-corrected chi connectivity index (χ4v) is 2.35. The molecule has 4 heteroatoms. The van der Waals surface area contributed by atoms with Gasteiger partial charge in [-0.25, -0.2) is 4.21 Å². The van der Waals surface area contributed by atoms with Gasteiger partial charge in [-0.2, -0.15) is 4.40 Å². The highest BCUT2D eigenvalue weighted by molar-refractivity contribution is 9.10. The van der Waals surface area contributed by atoms with Crippen LogP contribution >= 0.6 is 15.9 Å². The maximum atomic E-state index is 11.9. The van der Waals surface area contributed by atoms with Gasteiger partial charge in [0.1, 0.15) is 0 Å². The molecule has 1 atom stereocenters. The Kier molecular flexibility index (Phi) is 4.44. The molecule has 2 aromatic rings. The molecule has 92 valence electrons. The predicted octanol–water partition coefficient (Wildman–Crippen LogP) is 3.90. The zero-order valence-electron chi connectivity index (χ0n) is 9.84. The summed E-state index contributed by atoms with van der Waals surface area (Å²) >= 11 is 3.36. The molecule has 0 N–H and O–H groups in total. The van der Waals surface area contributed by atoms with Gasteiger partial charge in [-0.3, -0.25) is 0 Å². The maximum absolute atomic E-state index is 11.9.